The van der Waals surface area contributed by atoms with Crippen LogP contribution in [0.2, 0.25) is 0 Å². The van der Waals surface area contributed by atoms with Crippen molar-refractivity contribution in [1.82, 2.24) is 34.2 Å². The predicted molar refractivity (Wildman–Crippen MR) is 209 cm³/mol. The van der Waals surface area contributed by atoms with Crippen LogP contribution in [-0.2, 0) is 25.8 Å². The highest BCUT2D eigenvalue weighted by atomic mass is 79.9. The van der Waals surface area contributed by atoms with Crippen molar-refractivity contribution in [3.63, 3.8) is 0 Å². The molecule has 0 unspecified atom stereocenters. The standard InChI is InChI=1S/C41H40BrF3N8O3/c1-26-21-52-35(22-51(26)38(55)27-7-12-33(42)32(19-27)41(43,44)45)36(37(54)47-20-28-5-3-4-6-31(28)34-13-16-46-25-48-34)53(39(52)56)30-10-8-29(9-11-30)50-17-14-40(15-18-50)23-49(2)24-40/h3-13,16,19,25-26H,14-15,17-18,20-24H2,1-2H3,(H,47,54)/t26-/m0/s1. The van der Waals surface area contributed by atoms with Gasteiger partial charge in [-0.25, -0.2) is 14.8 Å². The van der Waals surface area contributed by atoms with Gasteiger partial charge in [-0.2, -0.15) is 13.2 Å². The van der Waals surface area contributed by atoms with E-state index in [1.807, 2.05) is 48.5 Å². The smallest absolute Gasteiger partial charge is 0.371 e. The number of alkyl halides is 3. The zero-order valence-electron chi connectivity index (χ0n) is 30.9. The molecule has 2 amide bonds. The first kappa shape index (κ1) is 37.6. The van der Waals surface area contributed by atoms with Crippen molar-refractivity contribution in [2.75, 3.05) is 38.1 Å². The molecule has 5 heterocycles. The van der Waals surface area contributed by atoms with Gasteiger partial charge in [0.15, 0.2) is 0 Å². The van der Waals surface area contributed by atoms with Crippen LogP contribution >= 0.6 is 15.9 Å². The van der Waals surface area contributed by atoms with Crippen LogP contribution in [0.5, 0.6) is 0 Å². The van der Waals surface area contributed by atoms with Gasteiger partial charge in [0.1, 0.15) is 12.0 Å². The lowest BCUT2D eigenvalue weighted by molar-refractivity contribution is -0.138. The minimum atomic E-state index is -4.68. The van der Waals surface area contributed by atoms with E-state index in [9.17, 15) is 27.6 Å². The minimum Gasteiger partial charge on any atom is -0.371 e. The number of rotatable bonds is 7. The highest BCUT2D eigenvalue weighted by Gasteiger charge is 2.43. The van der Waals surface area contributed by atoms with Crippen LogP contribution in [0, 0.1) is 5.41 Å². The number of halogens is 4. The molecule has 0 saturated carbocycles. The van der Waals surface area contributed by atoms with Crippen molar-refractivity contribution >= 4 is 33.4 Å². The van der Waals surface area contributed by atoms with E-state index >= 15 is 0 Å². The van der Waals surface area contributed by atoms with Crippen LogP contribution < -0.4 is 15.9 Å². The van der Waals surface area contributed by atoms with Gasteiger partial charge in [0.05, 0.1) is 29.2 Å². The van der Waals surface area contributed by atoms with Gasteiger partial charge in [0.25, 0.3) is 11.8 Å². The average molecular weight is 830 g/mol. The Morgan fingerprint density at radius 2 is 1.70 bits per heavy atom. The Bertz CT molecular complexity index is 2350. The number of piperidine rings is 1. The first-order chi connectivity index (χ1) is 26.8. The van der Waals surface area contributed by atoms with E-state index in [2.05, 4.69) is 48.1 Å². The molecule has 2 aromatic heterocycles. The number of carbonyl (C=O) groups is 2. The van der Waals surface area contributed by atoms with E-state index in [4.69, 9.17) is 0 Å². The number of fused-ring (bicyclic) bond motifs is 1. The van der Waals surface area contributed by atoms with Crippen LogP contribution in [0.25, 0.3) is 16.9 Å². The molecule has 0 bridgehead atoms. The summed E-state index contributed by atoms with van der Waals surface area (Å²) >= 11 is 2.95. The average Bonchev–Trinajstić information content (AvgIpc) is 3.47. The maximum atomic E-state index is 14.4. The van der Waals surface area contributed by atoms with Crippen LogP contribution in [-0.4, -0.2) is 80.0 Å². The second-order valence-corrected chi connectivity index (χ2v) is 16.0. The van der Waals surface area contributed by atoms with Crippen molar-refractivity contribution in [3.8, 4) is 16.9 Å². The number of amides is 2. The number of aromatic nitrogens is 4. The number of hydrogen-bond acceptors (Lipinski definition) is 7. The minimum absolute atomic E-state index is 0.0369. The molecule has 3 aliphatic heterocycles. The summed E-state index contributed by atoms with van der Waals surface area (Å²) in [6.07, 6.45) is 0.623. The summed E-state index contributed by atoms with van der Waals surface area (Å²) in [7, 11) is 2.15. The summed E-state index contributed by atoms with van der Waals surface area (Å²) in [5.74, 6) is -1.19. The molecule has 1 spiro atoms. The Kier molecular flexibility index (Phi) is 9.85. The van der Waals surface area contributed by atoms with Gasteiger partial charge >= 0.3 is 11.9 Å². The third kappa shape index (κ3) is 7.02. The molecule has 0 radical (unpaired) electrons. The van der Waals surface area contributed by atoms with Crippen LogP contribution in [0.1, 0.15) is 57.4 Å². The zero-order valence-corrected chi connectivity index (χ0v) is 32.5. The fourth-order valence-corrected chi connectivity index (χ4v) is 8.97. The van der Waals surface area contributed by atoms with E-state index in [-0.39, 0.29) is 41.1 Å². The Balaban J connectivity index is 1.13. The number of nitrogens with zero attached hydrogens (tertiary/aromatic N) is 7. The van der Waals surface area contributed by atoms with Gasteiger partial charge < -0.3 is 20.0 Å². The number of carbonyl (C=O) groups excluding carboxylic acids is 2. The van der Waals surface area contributed by atoms with Crippen LogP contribution in [0.4, 0.5) is 18.9 Å². The highest BCUT2D eigenvalue weighted by molar-refractivity contribution is 9.10. The molecule has 2 fully saturated rings. The number of benzene rings is 3. The van der Waals surface area contributed by atoms with E-state index < -0.39 is 35.3 Å². The third-order valence-electron chi connectivity index (χ3n) is 11.4. The number of anilines is 1. The lowest BCUT2D eigenvalue weighted by Gasteiger charge is -2.53. The summed E-state index contributed by atoms with van der Waals surface area (Å²) in [6.45, 7) is 5.80. The molecule has 8 rings (SSSR count). The lowest BCUT2D eigenvalue weighted by Crippen LogP contribution is -2.58. The Hall–Kier alpha value is -5.28. The first-order valence-corrected chi connectivity index (χ1v) is 19.3. The summed E-state index contributed by atoms with van der Waals surface area (Å²) in [5, 5.41) is 3.00. The van der Waals surface area contributed by atoms with Crippen molar-refractivity contribution in [3.05, 3.63) is 128 Å². The van der Waals surface area contributed by atoms with E-state index in [1.54, 1.807) is 19.2 Å². The first-order valence-electron chi connectivity index (χ1n) is 18.5. The van der Waals surface area contributed by atoms with Crippen molar-refractivity contribution in [2.45, 2.75) is 51.6 Å². The largest absolute Gasteiger partial charge is 0.417 e. The topological polar surface area (TPSA) is 109 Å². The third-order valence-corrected chi connectivity index (χ3v) is 12.1. The van der Waals surface area contributed by atoms with Gasteiger partial charge in [-0.3, -0.25) is 18.7 Å². The maximum absolute atomic E-state index is 14.4. The SMILES string of the molecule is C[C@H]1Cn2c(c(C(=O)NCc3ccccc3-c3ccncn3)n(-c3ccc(N4CCC5(CC4)CN(C)C5)cc3)c2=O)CN1C(=O)c1ccc(Br)c(C(F)(F)F)c1. The molecular weight excluding hydrogens is 789 g/mol. The molecule has 1 atom stereocenters. The molecule has 2 saturated heterocycles. The second kappa shape index (κ2) is 14.7. The number of nitrogens with one attached hydrogen (secondary N) is 1. The quantitative estimate of drug-likeness (QED) is 0.203. The second-order valence-electron chi connectivity index (χ2n) is 15.1. The molecular formula is C41H40BrF3N8O3. The predicted octanol–water partition coefficient (Wildman–Crippen LogP) is 6.38. The van der Waals surface area contributed by atoms with Crippen molar-refractivity contribution < 1.29 is 22.8 Å². The summed E-state index contributed by atoms with van der Waals surface area (Å²) in [5.41, 5.74) is 2.92. The van der Waals surface area contributed by atoms with Gasteiger partial charge in [-0.05, 0) is 86.3 Å². The Morgan fingerprint density at radius 3 is 2.38 bits per heavy atom. The molecule has 3 aliphatic rings. The highest BCUT2D eigenvalue weighted by Crippen LogP contribution is 2.41. The maximum Gasteiger partial charge on any atom is 0.417 e. The summed E-state index contributed by atoms with van der Waals surface area (Å²) in [6, 6.07) is 19.6. The van der Waals surface area contributed by atoms with E-state index in [0.717, 1.165) is 61.9 Å². The molecule has 3 aromatic carbocycles. The molecule has 11 nitrogen and oxygen atoms in total. The molecule has 1 N–H and O–H groups in total. The lowest BCUT2D eigenvalue weighted by atomic mass is 9.72. The summed E-state index contributed by atoms with van der Waals surface area (Å²) in [4.78, 5) is 57.2. The molecule has 0 aliphatic carbocycles. The number of hydrogen-bond donors (Lipinski definition) is 1. The number of likely N-dealkylation sites (tertiary alicyclic amines) is 1. The van der Waals surface area contributed by atoms with Gasteiger partial charge in [-0.1, -0.05) is 40.2 Å². The fourth-order valence-electron chi connectivity index (χ4n) is 8.50. The fraction of sp³-hybridized carbons (Fsp3) is 0.341. The van der Waals surface area contributed by atoms with E-state index in [1.165, 1.54) is 32.5 Å². The number of imidazole rings is 1. The van der Waals surface area contributed by atoms with Crippen LogP contribution in [0.3, 0.4) is 0 Å². The summed E-state index contributed by atoms with van der Waals surface area (Å²) < 4.78 is 44.1. The van der Waals surface area contributed by atoms with Gasteiger partial charge in [-0.15, -0.1) is 0 Å². The van der Waals surface area contributed by atoms with Crippen molar-refractivity contribution in [2.24, 2.45) is 5.41 Å². The molecule has 15 heteroatoms. The van der Waals surface area contributed by atoms with Gasteiger partial charge in [0.2, 0.25) is 0 Å². The zero-order chi connectivity index (χ0) is 39.4. The molecule has 5 aromatic rings. The Labute approximate surface area is 329 Å². The monoisotopic (exact) mass is 828 g/mol. The molecule has 290 valence electrons. The Morgan fingerprint density at radius 1 is 0.982 bits per heavy atom. The van der Waals surface area contributed by atoms with Crippen molar-refractivity contribution in [1.29, 1.82) is 0 Å². The normalized spacial score (nSPS) is 18.1. The molecule has 56 heavy (non-hydrogen) atoms. The van der Waals surface area contributed by atoms with E-state index in [0.29, 0.717) is 16.8 Å². The van der Waals surface area contributed by atoms with Gasteiger partial charge in [0, 0.05) is 72.8 Å². The van der Waals surface area contributed by atoms with Crippen LogP contribution in [0.15, 0.2) is 94.6 Å².